The van der Waals surface area contributed by atoms with Crippen molar-refractivity contribution < 1.29 is 14.1 Å². The second-order valence-electron chi connectivity index (χ2n) is 9.89. The summed E-state index contributed by atoms with van der Waals surface area (Å²) in [5, 5.41) is 11.0. The quantitative estimate of drug-likeness (QED) is 0.304. The third-order valence-corrected chi connectivity index (χ3v) is 8.48. The van der Waals surface area contributed by atoms with Gasteiger partial charge in [0, 0.05) is 18.4 Å². The topological polar surface area (TPSA) is 83.9 Å². The number of halogens is 2. The largest absolute Gasteiger partial charge is 0.364 e. The Labute approximate surface area is 218 Å². The molecule has 5 nitrogen and oxygen atoms in total. The van der Waals surface area contributed by atoms with Gasteiger partial charge in [0.2, 0.25) is 0 Å². The van der Waals surface area contributed by atoms with Gasteiger partial charge in [-0.15, -0.1) is 0 Å². The summed E-state index contributed by atoms with van der Waals surface area (Å²) in [5.41, 5.74) is 6.91. The van der Waals surface area contributed by atoms with Crippen molar-refractivity contribution in [2.75, 3.05) is 6.54 Å². The number of nitrogens with zero attached hydrogens (tertiary/aromatic N) is 2. The van der Waals surface area contributed by atoms with Crippen LogP contribution in [0.2, 0.25) is 10.0 Å². The Morgan fingerprint density at radius 1 is 1.14 bits per heavy atom. The van der Waals surface area contributed by atoms with Gasteiger partial charge < -0.3 is 5.73 Å². The number of primary amides is 1. The van der Waals surface area contributed by atoms with Crippen molar-refractivity contribution in [3.05, 3.63) is 69.7 Å². The second-order valence-corrected chi connectivity index (χ2v) is 10.7. The number of hydrogen-bond donors (Lipinski definition) is 1. The molecule has 1 fully saturated rings. The Hall–Kier alpha value is -2.39. The minimum Gasteiger partial charge on any atom is -0.364 e. The molecule has 1 heterocycles. The zero-order chi connectivity index (χ0) is 25.6. The van der Waals surface area contributed by atoms with Gasteiger partial charge in [0.1, 0.15) is 6.54 Å². The lowest BCUT2D eigenvalue weighted by atomic mass is 9.69. The van der Waals surface area contributed by atoms with Gasteiger partial charge in [-0.05, 0) is 30.4 Å². The first-order valence-electron chi connectivity index (χ1n) is 12.3. The van der Waals surface area contributed by atoms with Crippen LogP contribution in [0.5, 0.6) is 0 Å². The van der Waals surface area contributed by atoms with E-state index in [1.54, 1.807) is 12.1 Å². The molecule has 7 heteroatoms. The number of nitriles is 1. The number of likely N-dealkylation sites (tertiary alicyclic amines) is 1. The number of hydrogen-bond acceptors (Lipinski definition) is 3. The number of benzene rings is 2. The molecule has 2 N–H and O–H groups in total. The van der Waals surface area contributed by atoms with E-state index in [1.165, 1.54) is 0 Å². The fourth-order valence-electron chi connectivity index (χ4n) is 5.56. The SMILES string of the molecule is CC(C)[C@@](C#N)(CCCCC(=O)[N@@+]1(Cc2cccc(Cl)c2Cl)CCCC1C(N)=O)c1ccccc1. The molecule has 0 aliphatic carbocycles. The molecule has 0 aromatic heterocycles. The fraction of sp³-hybridized carbons (Fsp3) is 0.464. The Morgan fingerprint density at radius 3 is 2.49 bits per heavy atom. The third-order valence-electron chi connectivity index (χ3n) is 7.63. The van der Waals surface area contributed by atoms with E-state index in [-0.39, 0.29) is 16.3 Å². The van der Waals surface area contributed by atoms with Crippen molar-refractivity contribution in [1.82, 2.24) is 0 Å². The molecule has 2 amide bonds. The van der Waals surface area contributed by atoms with Crippen LogP contribution in [0, 0.1) is 17.2 Å². The number of unbranched alkanes of at least 4 members (excludes halogenated alkanes) is 1. The first kappa shape index (κ1) is 27.2. The minimum absolute atomic E-state index is 0.00541. The van der Waals surface area contributed by atoms with E-state index < -0.39 is 17.4 Å². The number of nitrogens with two attached hydrogens (primary N) is 1. The predicted molar refractivity (Wildman–Crippen MR) is 140 cm³/mol. The molecule has 1 aliphatic rings. The van der Waals surface area contributed by atoms with E-state index >= 15 is 0 Å². The Kier molecular flexibility index (Phi) is 8.99. The van der Waals surface area contributed by atoms with Crippen LogP contribution < -0.4 is 5.73 Å². The highest BCUT2D eigenvalue weighted by Crippen LogP contribution is 2.38. The van der Waals surface area contributed by atoms with Crippen LogP contribution >= 0.6 is 23.2 Å². The summed E-state index contributed by atoms with van der Waals surface area (Å²) in [6.45, 7) is 4.98. The van der Waals surface area contributed by atoms with Crippen molar-refractivity contribution in [1.29, 1.82) is 5.26 Å². The van der Waals surface area contributed by atoms with Crippen molar-refractivity contribution >= 4 is 35.0 Å². The first-order valence-corrected chi connectivity index (χ1v) is 13.0. The minimum atomic E-state index is -0.603. The third kappa shape index (κ3) is 5.56. The Morgan fingerprint density at radius 2 is 1.86 bits per heavy atom. The maximum atomic E-state index is 13.7. The molecule has 2 aromatic carbocycles. The average Bonchev–Trinajstić information content (AvgIpc) is 3.28. The van der Waals surface area contributed by atoms with Crippen molar-refractivity contribution in [3.63, 3.8) is 0 Å². The normalized spacial score (nSPS) is 21.4. The van der Waals surface area contributed by atoms with E-state index in [0.29, 0.717) is 48.8 Å². The van der Waals surface area contributed by atoms with Crippen molar-refractivity contribution in [3.8, 4) is 6.07 Å². The number of quaternary nitrogens is 1. The van der Waals surface area contributed by atoms with Crippen LogP contribution in [0.3, 0.4) is 0 Å². The zero-order valence-corrected chi connectivity index (χ0v) is 22.0. The summed E-state index contributed by atoms with van der Waals surface area (Å²) in [5.74, 6) is -0.331. The lowest BCUT2D eigenvalue weighted by Crippen LogP contribution is -2.59. The maximum Gasteiger partial charge on any atom is 0.314 e. The van der Waals surface area contributed by atoms with Crippen LogP contribution in [-0.4, -0.2) is 28.9 Å². The number of carbonyl (C=O) groups is 2. The fourth-order valence-corrected chi connectivity index (χ4v) is 5.94. The lowest BCUT2D eigenvalue weighted by Gasteiger charge is -2.36. The molecule has 1 unspecified atom stereocenters. The number of amides is 2. The number of carbonyl (C=O) groups excluding carboxylic acids is 2. The van der Waals surface area contributed by atoms with Gasteiger partial charge in [0.25, 0.3) is 5.91 Å². The summed E-state index contributed by atoms with van der Waals surface area (Å²) < 4.78 is -0.0122. The summed E-state index contributed by atoms with van der Waals surface area (Å²) in [7, 11) is 0. The summed E-state index contributed by atoms with van der Waals surface area (Å²) in [6, 6.07) is 17.2. The van der Waals surface area contributed by atoms with Gasteiger partial charge in [-0.2, -0.15) is 5.26 Å². The Balaban J connectivity index is 1.77. The van der Waals surface area contributed by atoms with Gasteiger partial charge in [-0.3, -0.25) is 4.79 Å². The van der Waals surface area contributed by atoms with Gasteiger partial charge >= 0.3 is 5.91 Å². The van der Waals surface area contributed by atoms with E-state index in [1.807, 2.05) is 36.4 Å². The molecule has 186 valence electrons. The predicted octanol–water partition coefficient (Wildman–Crippen LogP) is 6.16. The van der Waals surface area contributed by atoms with Crippen LogP contribution in [0.15, 0.2) is 48.5 Å². The molecule has 1 saturated heterocycles. The van der Waals surface area contributed by atoms with E-state index in [4.69, 9.17) is 28.9 Å². The van der Waals surface area contributed by atoms with Crippen LogP contribution in [-0.2, 0) is 21.5 Å². The van der Waals surface area contributed by atoms with Crippen molar-refractivity contribution in [2.24, 2.45) is 11.7 Å². The average molecular weight is 516 g/mol. The van der Waals surface area contributed by atoms with Crippen LogP contribution in [0.4, 0.5) is 0 Å². The van der Waals surface area contributed by atoms with Crippen molar-refractivity contribution in [2.45, 2.75) is 70.4 Å². The van der Waals surface area contributed by atoms with Gasteiger partial charge in [-0.1, -0.05) is 85.9 Å². The summed E-state index contributed by atoms with van der Waals surface area (Å²) in [4.78, 5) is 26.1. The lowest BCUT2D eigenvalue weighted by molar-refractivity contribution is -0.871. The first-order chi connectivity index (χ1) is 16.7. The monoisotopic (exact) mass is 514 g/mol. The second kappa shape index (κ2) is 11.6. The van der Waals surface area contributed by atoms with Gasteiger partial charge in [0.15, 0.2) is 6.04 Å². The van der Waals surface area contributed by atoms with E-state index in [9.17, 15) is 14.9 Å². The molecule has 2 aromatic rings. The molecule has 3 atom stereocenters. The van der Waals surface area contributed by atoms with Crippen LogP contribution in [0.25, 0.3) is 0 Å². The molecule has 0 spiro atoms. The van der Waals surface area contributed by atoms with Crippen LogP contribution in [0.1, 0.15) is 63.5 Å². The Bertz CT molecular complexity index is 1100. The molecule has 0 saturated carbocycles. The van der Waals surface area contributed by atoms with Gasteiger partial charge in [0.05, 0.1) is 34.5 Å². The summed E-state index contributed by atoms with van der Waals surface area (Å²) in [6.07, 6.45) is 3.67. The molecule has 35 heavy (non-hydrogen) atoms. The highest BCUT2D eigenvalue weighted by atomic mass is 35.5. The molecule has 0 bridgehead atoms. The molecular formula is C28H34Cl2N3O2+. The molecule has 0 radical (unpaired) electrons. The molecule has 1 aliphatic heterocycles. The van der Waals surface area contributed by atoms with E-state index in [2.05, 4.69) is 19.9 Å². The maximum absolute atomic E-state index is 13.7. The van der Waals surface area contributed by atoms with Gasteiger partial charge in [-0.25, -0.2) is 9.28 Å². The summed E-state index contributed by atoms with van der Waals surface area (Å²) >= 11 is 12.7. The number of rotatable bonds is 10. The zero-order valence-electron chi connectivity index (χ0n) is 20.5. The standard InChI is InChI=1S/C28H33Cl2N3O2/c1-20(2)28(19-31,22-11-4-3-5-12-22)16-7-6-15-25(34)33(17-9-14-24(33)27(32)35)18-21-10-8-13-23(29)26(21)30/h3-5,8,10-13,20,24H,6-7,9,14-18H2,1-2H3,(H-,32,35)/p+1/t24?,28-,33+/m0/s1. The molecular weight excluding hydrogens is 481 g/mol. The highest BCUT2D eigenvalue weighted by Gasteiger charge is 2.50. The highest BCUT2D eigenvalue weighted by molar-refractivity contribution is 6.42. The molecule has 3 rings (SSSR count). The smallest absolute Gasteiger partial charge is 0.314 e. The van der Waals surface area contributed by atoms with E-state index in [0.717, 1.165) is 24.0 Å².